The summed E-state index contributed by atoms with van der Waals surface area (Å²) >= 11 is 0. The minimum absolute atomic E-state index is 0.107. The molecule has 2 atom stereocenters. The highest BCUT2D eigenvalue weighted by molar-refractivity contribution is 7.18. The number of morpholine rings is 1. The average Bonchev–Trinajstić information content (AvgIpc) is 2.96. The zero-order valence-corrected chi connectivity index (χ0v) is 24.9. The van der Waals surface area contributed by atoms with Gasteiger partial charge in [0.05, 0.1) is 19.4 Å². The normalized spacial score (nSPS) is 15.4. The van der Waals surface area contributed by atoms with Gasteiger partial charge >= 0.3 is 0 Å². The van der Waals surface area contributed by atoms with Crippen LogP contribution in [0.3, 0.4) is 0 Å². The lowest BCUT2D eigenvalue weighted by Crippen LogP contribution is -2.37. The molecule has 0 spiro atoms. The van der Waals surface area contributed by atoms with Crippen molar-refractivity contribution in [2.45, 2.75) is 47.0 Å². The Morgan fingerprint density at radius 2 is 1.90 bits per heavy atom. The molecule has 1 fully saturated rings. The van der Waals surface area contributed by atoms with Crippen molar-refractivity contribution in [2.24, 2.45) is 10.8 Å². The molecule has 1 aromatic heterocycles. The van der Waals surface area contributed by atoms with Crippen molar-refractivity contribution >= 4 is 32.5 Å². The number of nitrogens with zero attached hydrogens (tertiary/aromatic N) is 4. The molecular formula is C28H42F2N7OP. The molecule has 3 rings (SSSR count). The first-order valence-corrected chi connectivity index (χ1v) is 13.6. The average molecular weight is 562 g/mol. The lowest BCUT2D eigenvalue weighted by molar-refractivity contribution is 0.122. The van der Waals surface area contributed by atoms with Crippen LogP contribution in [0.1, 0.15) is 47.1 Å². The molecule has 0 aliphatic carbocycles. The van der Waals surface area contributed by atoms with E-state index in [-0.39, 0.29) is 17.6 Å². The third kappa shape index (κ3) is 11.1. The predicted molar refractivity (Wildman–Crippen MR) is 163 cm³/mol. The second-order valence-corrected chi connectivity index (χ2v) is 9.04. The summed E-state index contributed by atoms with van der Waals surface area (Å²) in [6, 6.07) is 7.10. The van der Waals surface area contributed by atoms with Gasteiger partial charge < -0.3 is 20.7 Å². The van der Waals surface area contributed by atoms with E-state index >= 15 is 0 Å². The summed E-state index contributed by atoms with van der Waals surface area (Å²) in [5.41, 5.74) is 11.1. The SMILES string of the molecule is C=C(/C=C\C(=C/C)Nc1cccc(C(C)(F)P)c1)/C(N)=N/Nc1ncc(F)c(N2CCOCC2)n1.CC.CC. The van der Waals surface area contributed by atoms with Crippen LogP contribution in [0.25, 0.3) is 0 Å². The van der Waals surface area contributed by atoms with Crippen LogP contribution in [0.4, 0.5) is 26.2 Å². The number of hydrogen-bond acceptors (Lipinski definition) is 7. The molecule has 0 bridgehead atoms. The molecule has 1 aliphatic rings. The van der Waals surface area contributed by atoms with Crippen LogP contribution in [0.15, 0.2) is 71.6 Å². The maximum Gasteiger partial charge on any atom is 0.245 e. The quantitative estimate of drug-likeness (QED) is 0.108. The van der Waals surface area contributed by atoms with Crippen molar-refractivity contribution in [3.8, 4) is 0 Å². The number of ether oxygens (including phenoxy) is 1. The smallest absolute Gasteiger partial charge is 0.245 e. The van der Waals surface area contributed by atoms with Crippen molar-refractivity contribution in [3.05, 3.63) is 77.9 Å². The molecule has 4 N–H and O–H groups in total. The number of hydrazone groups is 1. The fourth-order valence-corrected chi connectivity index (χ4v) is 3.32. The predicted octanol–water partition coefficient (Wildman–Crippen LogP) is 6.33. The Bertz CT molecular complexity index is 1140. The van der Waals surface area contributed by atoms with Crippen molar-refractivity contribution in [1.82, 2.24) is 9.97 Å². The van der Waals surface area contributed by atoms with E-state index in [9.17, 15) is 8.78 Å². The fraction of sp³-hybridized carbons (Fsp3) is 0.393. The molecule has 2 aromatic rings. The van der Waals surface area contributed by atoms with E-state index in [1.165, 1.54) is 6.92 Å². The van der Waals surface area contributed by atoms with Gasteiger partial charge in [-0.15, -0.1) is 0 Å². The molecule has 2 unspecified atom stereocenters. The van der Waals surface area contributed by atoms with Gasteiger partial charge in [-0.2, -0.15) is 10.1 Å². The third-order valence-electron chi connectivity index (χ3n) is 5.13. The third-order valence-corrected chi connectivity index (χ3v) is 5.47. The summed E-state index contributed by atoms with van der Waals surface area (Å²) in [7, 11) is 2.19. The number of aromatic nitrogens is 2. The molecule has 11 heteroatoms. The van der Waals surface area contributed by atoms with Crippen molar-refractivity contribution < 1.29 is 13.5 Å². The molecular weight excluding hydrogens is 519 g/mol. The van der Waals surface area contributed by atoms with Gasteiger partial charge in [0.1, 0.15) is 11.2 Å². The van der Waals surface area contributed by atoms with Crippen molar-refractivity contribution in [3.63, 3.8) is 0 Å². The zero-order chi connectivity index (χ0) is 29.4. The molecule has 2 heterocycles. The minimum Gasteiger partial charge on any atom is -0.382 e. The number of halogens is 2. The van der Waals surface area contributed by atoms with E-state index in [4.69, 9.17) is 10.5 Å². The van der Waals surface area contributed by atoms with E-state index in [0.717, 1.165) is 17.6 Å². The second-order valence-electron chi connectivity index (χ2n) is 7.96. The highest BCUT2D eigenvalue weighted by atomic mass is 31.0. The van der Waals surface area contributed by atoms with Crippen LogP contribution in [0.5, 0.6) is 0 Å². The number of rotatable bonds is 9. The molecule has 0 saturated carbocycles. The monoisotopic (exact) mass is 561 g/mol. The first-order valence-electron chi connectivity index (χ1n) is 13.0. The number of anilines is 3. The summed E-state index contributed by atoms with van der Waals surface area (Å²) < 4.78 is 33.7. The lowest BCUT2D eigenvalue weighted by Gasteiger charge is -2.27. The van der Waals surface area contributed by atoms with Crippen LogP contribution in [0.2, 0.25) is 0 Å². The van der Waals surface area contributed by atoms with E-state index in [0.29, 0.717) is 37.4 Å². The number of hydrogen-bond donors (Lipinski definition) is 3. The second kappa shape index (κ2) is 17.3. The summed E-state index contributed by atoms with van der Waals surface area (Å²) in [5, 5.41) is 5.76. The standard InChI is InChI=1S/C24H30F2N7OP.2C2H6/c1-4-18(29-19-7-5-6-17(14-19)24(3,26)35)9-8-16(2)21(27)31-32-23-28-15-20(25)22(30-23)33-10-12-34-13-11-33;2*1-2/h4-9,14-15,29H,2,10-13,35H2,1,3H3,(H2,27,31)(H,28,30,32);2*1-2H3/b9-8-,18-4+;;. The summed E-state index contributed by atoms with van der Waals surface area (Å²) in [5.74, 6) is -0.124. The Kier molecular flexibility index (Phi) is 14.9. The van der Waals surface area contributed by atoms with Crippen molar-refractivity contribution in [2.75, 3.05) is 41.9 Å². The number of nitrogens with one attached hydrogen (secondary N) is 2. The summed E-state index contributed by atoms with van der Waals surface area (Å²) in [6.07, 6.45) is 6.41. The Labute approximate surface area is 233 Å². The van der Waals surface area contributed by atoms with E-state index in [1.807, 2.05) is 46.8 Å². The highest BCUT2D eigenvalue weighted by Crippen LogP contribution is 2.33. The Balaban J connectivity index is 0.00000181. The summed E-state index contributed by atoms with van der Waals surface area (Å²) in [4.78, 5) is 9.90. The van der Waals surface area contributed by atoms with Gasteiger partial charge in [0.2, 0.25) is 5.95 Å². The topological polar surface area (TPSA) is 101 Å². The molecule has 214 valence electrons. The molecule has 8 nitrogen and oxygen atoms in total. The minimum atomic E-state index is -1.52. The van der Waals surface area contributed by atoms with E-state index in [1.54, 1.807) is 35.3 Å². The zero-order valence-electron chi connectivity index (χ0n) is 23.8. The van der Waals surface area contributed by atoms with Gasteiger partial charge in [-0.1, -0.05) is 61.7 Å². The number of nitrogens with two attached hydrogens (primary N) is 1. The number of alkyl halides is 1. The van der Waals surface area contributed by atoms with Gasteiger partial charge in [-0.3, -0.25) is 0 Å². The van der Waals surface area contributed by atoms with Crippen LogP contribution < -0.4 is 21.4 Å². The Morgan fingerprint density at radius 1 is 1.23 bits per heavy atom. The maximum absolute atomic E-state index is 14.2. The van der Waals surface area contributed by atoms with Crippen LogP contribution in [-0.4, -0.2) is 42.1 Å². The Hall–Kier alpha value is -3.36. The number of amidine groups is 1. The van der Waals surface area contributed by atoms with Gasteiger partial charge in [0.25, 0.3) is 0 Å². The molecule has 0 radical (unpaired) electrons. The fourth-order valence-electron chi connectivity index (χ4n) is 3.14. The van der Waals surface area contributed by atoms with Crippen LogP contribution >= 0.6 is 9.24 Å². The molecule has 1 saturated heterocycles. The first kappa shape index (κ1) is 33.7. The Morgan fingerprint density at radius 3 is 2.51 bits per heavy atom. The number of benzene rings is 1. The highest BCUT2D eigenvalue weighted by Gasteiger charge is 2.19. The molecule has 1 aromatic carbocycles. The van der Waals surface area contributed by atoms with Crippen LogP contribution in [0, 0.1) is 5.82 Å². The van der Waals surface area contributed by atoms with Gasteiger partial charge in [-0.25, -0.2) is 19.2 Å². The van der Waals surface area contributed by atoms with Crippen molar-refractivity contribution in [1.29, 1.82) is 0 Å². The molecule has 0 amide bonds. The summed E-state index contributed by atoms with van der Waals surface area (Å²) in [6.45, 7) is 17.4. The lowest BCUT2D eigenvalue weighted by atomic mass is 10.1. The first-order chi connectivity index (χ1) is 18.7. The molecule has 1 aliphatic heterocycles. The maximum atomic E-state index is 14.2. The number of allylic oxidation sites excluding steroid dienone is 2. The van der Waals surface area contributed by atoms with Crippen LogP contribution in [-0.2, 0) is 10.1 Å². The van der Waals surface area contributed by atoms with E-state index < -0.39 is 11.2 Å². The largest absolute Gasteiger partial charge is 0.382 e. The molecule has 39 heavy (non-hydrogen) atoms. The van der Waals surface area contributed by atoms with E-state index in [2.05, 4.69) is 41.6 Å². The van der Waals surface area contributed by atoms with Gasteiger partial charge in [0.15, 0.2) is 11.6 Å². The van der Waals surface area contributed by atoms with Gasteiger partial charge in [0, 0.05) is 30.0 Å². The van der Waals surface area contributed by atoms with Gasteiger partial charge in [-0.05, 0) is 43.7 Å².